The average molecular weight is 286 g/mol. The third kappa shape index (κ3) is 4.67. The zero-order chi connectivity index (χ0) is 15.2. The maximum absolute atomic E-state index is 12.0. The fourth-order valence-electron chi connectivity index (χ4n) is 1.18. The third-order valence-electron chi connectivity index (χ3n) is 2.15. The molecule has 2 aromatic rings. The van der Waals surface area contributed by atoms with E-state index < -0.39 is 11.7 Å². The van der Waals surface area contributed by atoms with Crippen LogP contribution in [0.1, 0.15) is 11.3 Å². The summed E-state index contributed by atoms with van der Waals surface area (Å²) in [5.74, 6) is 1.03. The van der Waals surface area contributed by atoms with E-state index in [1.165, 1.54) is 6.92 Å². The second-order valence-electron chi connectivity index (χ2n) is 3.57. The first-order chi connectivity index (χ1) is 9.34. The lowest BCUT2D eigenvalue weighted by molar-refractivity contribution is -0.138. The standard InChI is InChI=1S/C6H5F3N2.C5H8N4/c1-4-5(6(7,8)9)2-10-3-11-4;1-7-4-2-3-8-5(6)9-4/h2-3H,1H3;2-3H,1H3,(H3,6,7,8,9). The van der Waals surface area contributed by atoms with Crippen molar-refractivity contribution >= 4 is 11.8 Å². The number of alkyl halides is 3. The molecule has 0 radical (unpaired) electrons. The Morgan fingerprint density at radius 3 is 2.35 bits per heavy atom. The predicted octanol–water partition coefficient (Wildman–Crippen LogP) is 1.90. The fourth-order valence-corrected chi connectivity index (χ4v) is 1.18. The molecule has 0 aliphatic carbocycles. The summed E-state index contributed by atoms with van der Waals surface area (Å²) in [6.45, 7) is 1.30. The molecule has 0 amide bonds. The predicted molar refractivity (Wildman–Crippen MR) is 67.8 cm³/mol. The molecule has 2 aromatic heterocycles. The van der Waals surface area contributed by atoms with Crippen LogP contribution in [0.5, 0.6) is 0 Å². The molecule has 0 aromatic carbocycles. The van der Waals surface area contributed by atoms with Crippen molar-refractivity contribution in [3.05, 3.63) is 36.0 Å². The number of anilines is 2. The summed E-state index contributed by atoms with van der Waals surface area (Å²) in [4.78, 5) is 14.3. The maximum atomic E-state index is 12.0. The molecule has 0 unspecified atom stereocenters. The molecule has 0 atom stereocenters. The molecule has 9 heteroatoms. The molecule has 0 fully saturated rings. The van der Waals surface area contributed by atoms with Gasteiger partial charge in [0, 0.05) is 19.4 Å². The normalized spacial score (nSPS) is 10.4. The molecule has 0 saturated heterocycles. The molecule has 0 aliphatic heterocycles. The third-order valence-corrected chi connectivity index (χ3v) is 2.15. The summed E-state index contributed by atoms with van der Waals surface area (Å²) in [6.07, 6.45) is -0.883. The first-order valence-corrected chi connectivity index (χ1v) is 5.44. The Morgan fingerprint density at radius 2 is 1.95 bits per heavy atom. The van der Waals surface area contributed by atoms with Gasteiger partial charge in [-0.2, -0.15) is 18.2 Å². The number of halogens is 3. The number of hydrogen-bond donors (Lipinski definition) is 2. The summed E-state index contributed by atoms with van der Waals surface area (Å²) < 4.78 is 35.9. The molecule has 0 saturated carbocycles. The molecule has 2 heterocycles. The molecule has 108 valence electrons. The van der Waals surface area contributed by atoms with Gasteiger partial charge < -0.3 is 11.1 Å². The number of aryl methyl sites for hydroxylation is 1. The second kappa shape index (κ2) is 6.64. The Balaban J connectivity index is 0.000000204. The van der Waals surface area contributed by atoms with Crippen LogP contribution < -0.4 is 11.1 Å². The van der Waals surface area contributed by atoms with Crippen LogP contribution in [-0.4, -0.2) is 27.0 Å². The minimum atomic E-state index is -4.34. The van der Waals surface area contributed by atoms with Crippen molar-refractivity contribution in [2.45, 2.75) is 13.1 Å². The van der Waals surface area contributed by atoms with Crippen LogP contribution in [-0.2, 0) is 6.18 Å². The van der Waals surface area contributed by atoms with Crippen molar-refractivity contribution in [2.75, 3.05) is 18.1 Å². The highest BCUT2D eigenvalue weighted by atomic mass is 19.4. The van der Waals surface area contributed by atoms with E-state index in [0.717, 1.165) is 18.3 Å². The largest absolute Gasteiger partial charge is 0.419 e. The lowest BCUT2D eigenvalue weighted by atomic mass is 10.2. The van der Waals surface area contributed by atoms with Crippen LogP contribution in [0.4, 0.5) is 24.9 Å². The zero-order valence-corrected chi connectivity index (χ0v) is 10.8. The summed E-state index contributed by atoms with van der Waals surface area (Å²) in [7, 11) is 1.78. The van der Waals surface area contributed by atoms with Gasteiger partial charge in [0.25, 0.3) is 0 Å². The van der Waals surface area contributed by atoms with Gasteiger partial charge in [0.1, 0.15) is 12.1 Å². The van der Waals surface area contributed by atoms with Crippen LogP contribution >= 0.6 is 0 Å². The van der Waals surface area contributed by atoms with E-state index in [4.69, 9.17) is 5.73 Å². The highest BCUT2D eigenvalue weighted by Crippen LogP contribution is 2.29. The summed E-state index contributed by atoms with van der Waals surface area (Å²) in [5, 5.41) is 2.84. The van der Waals surface area contributed by atoms with Crippen molar-refractivity contribution in [2.24, 2.45) is 0 Å². The van der Waals surface area contributed by atoms with Gasteiger partial charge >= 0.3 is 6.18 Å². The van der Waals surface area contributed by atoms with Crippen molar-refractivity contribution in [1.82, 2.24) is 19.9 Å². The van der Waals surface area contributed by atoms with Crippen molar-refractivity contribution in [1.29, 1.82) is 0 Å². The van der Waals surface area contributed by atoms with E-state index in [1.54, 1.807) is 19.3 Å². The van der Waals surface area contributed by atoms with Gasteiger partial charge in [-0.05, 0) is 13.0 Å². The molecule has 3 N–H and O–H groups in total. The fraction of sp³-hybridized carbons (Fsp3) is 0.273. The van der Waals surface area contributed by atoms with E-state index in [-0.39, 0.29) is 5.69 Å². The minimum absolute atomic E-state index is 0.0486. The average Bonchev–Trinajstić information content (AvgIpc) is 2.38. The van der Waals surface area contributed by atoms with Crippen LogP contribution in [0.25, 0.3) is 0 Å². The lowest BCUT2D eigenvalue weighted by Gasteiger charge is -2.06. The monoisotopic (exact) mass is 286 g/mol. The number of rotatable bonds is 1. The Morgan fingerprint density at radius 1 is 1.25 bits per heavy atom. The Kier molecular flexibility index (Phi) is 5.18. The van der Waals surface area contributed by atoms with Crippen LogP contribution in [0.15, 0.2) is 24.8 Å². The van der Waals surface area contributed by atoms with Gasteiger partial charge in [0.15, 0.2) is 0 Å². The van der Waals surface area contributed by atoms with Gasteiger partial charge in [-0.25, -0.2) is 15.0 Å². The number of nitrogens with one attached hydrogen (secondary N) is 1. The highest BCUT2D eigenvalue weighted by Gasteiger charge is 2.33. The number of aromatic nitrogens is 4. The highest BCUT2D eigenvalue weighted by molar-refractivity contribution is 5.36. The topological polar surface area (TPSA) is 89.6 Å². The number of hydrogen-bond acceptors (Lipinski definition) is 6. The molecule has 0 aliphatic rings. The summed E-state index contributed by atoms with van der Waals surface area (Å²) in [5.41, 5.74) is 4.45. The van der Waals surface area contributed by atoms with E-state index >= 15 is 0 Å². The van der Waals surface area contributed by atoms with Crippen molar-refractivity contribution in [3.8, 4) is 0 Å². The first kappa shape index (κ1) is 15.6. The van der Waals surface area contributed by atoms with Crippen LogP contribution in [0, 0.1) is 6.92 Å². The Hall–Kier alpha value is -2.45. The summed E-state index contributed by atoms with van der Waals surface area (Å²) in [6, 6.07) is 1.75. The van der Waals surface area contributed by atoms with Gasteiger partial charge in [-0.3, -0.25) is 0 Å². The van der Waals surface area contributed by atoms with Crippen molar-refractivity contribution < 1.29 is 13.2 Å². The van der Waals surface area contributed by atoms with Crippen LogP contribution in [0.3, 0.4) is 0 Å². The summed E-state index contributed by atoms with van der Waals surface area (Å²) >= 11 is 0. The molecule has 0 spiro atoms. The second-order valence-corrected chi connectivity index (χ2v) is 3.57. The zero-order valence-electron chi connectivity index (χ0n) is 10.8. The van der Waals surface area contributed by atoms with E-state index in [1.807, 2.05) is 0 Å². The molecule has 6 nitrogen and oxygen atoms in total. The smallest absolute Gasteiger partial charge is 0.373 e. The number of nitrogens with zero attached hydrogens (tertiary/aromatic N) is 4. The van der Waals surface area contributed by atoms with Gasteiger partial charge in [-0.1, -0.05) is 0 Å². The number of nitrogen functional groups attached to an aromatic ring is 1. The SMILES string of the molecule is CNc1ccnc(N)n1.Cc1ncncc1C(F)(F)F. The Labute approximate surface area is 113 Å². The quantitative estimate of drug-likeness (QED) is 0.832. The van der Waals surface area contributed by atoms with Gasteiger partial charge in [-0.15, -0.1) is 0 Å². The maximum Gasteiger partial charge on any atom is 0.419 e. The van der Waals surface area contributed by atoms with Crippen LogP contribution in [0.2, 0.25) is 0 Å². The molecular formula is C11H13F3N6. The molecule has 20 heavy (non-hydrogen) atoms. The van der Waals surface area contributed by atoms with Gasteiger partial charge in [0.05, 0.1) is 11.3 Å². The van der Waals surface area contributed by atoms with Crippen molar-refractivity contribution in [3.63, 3.8) is 0 Å². The molecular weight excluding hydrogens is 273 g/mol. The van der Waals surface area contributed by atoms with Gasteiger partial charge in [0.2, 0.25) is 5.95 Å². The lowest BCUT2D eigenvalue weighted by Crippen LogP contribution is -2.08. The molecule has 0 bridgehead atoms. The van der Waals surface area contributed by atoms with E-state index in [2.05, 4.69) is 25.3 Å². The Bertz CT molecular complexity index is 558. The molecule has 2 rings (SSSR count). The first-order valence-electron chi connectivity index (χ1n) is 5.44. The van der Waals surface area contributed by atoms with E-state index in [0.29, 0.717) is 5.95 Å². The van der Waals surface area contributed by atoms with E-state index in [9.17, 15) is 13.2 Å². The minimum Gasteiger partial charge on any atom is -0.373 e. The number of nitrogens with two attached hydrogens (primary N) is 1.